The minimum Gasteiger partial charge on any atom is -0.492 e. The summed E-state index contributed by atoms with van der Waals surface area (Å²) in [5.74, 6) is -0.348. The Hall–Kier alpha value is -1.78. The molecule has 0 fully saturated rings. The van der Waals surface area contributed by atoms with E-state index in [1.807, 2.05) is 30.3 Å². The van der Waals surface area contributed by atoms with Crippen LogP contribution in [0.3, 0.4) is 0 Å². The van der Waals surface area contributed by atoms with Crippen LogP contribution in [0, 0.1) is 5.82 Å². The third kappa shape index (κ3) is 4.12. The maximum absolute atomic E-state index is 13.5. The smallest absolute Gasteiger partial charge is 0.255 e. The lowest BCUT2D eigenvalue weighted by Gasteiger charge is -2.18. The van der Waals surface area contributed by atoms with Crippen molar-refractivity contribution in [1.82, 2.24) is 4.90 Å². The second-order valence-corrected chi connectivity index (χ2v) is 5.45. The number of ether oxygens (including phenoxy) is 1. The molecule has 0 bridgehead atoms. The number of para-hydroxylation sites is 1. The van der Waals surface area contributed by atoms with Gasteiger partial charge in [-0.05, 0) is 24.3 Å². The molecule has 0 atom stereocenters. The van der Waals surface area contributed by atoms with Crippen molar-refractivity contribution < 1.29 is 13.9 Å². The molecule has 0 radical (unpaired) electrons. The molecule has 1 amide bonds. The van der Waals surface area contributed by atoms with Crippen LogP contribution in [-0.4, -0.2) is 31.0 Å². The standard InChI is InChI=1S/C16H14Cl2FNO2/c1-20(7-8-22-11-5-3-2-4-6-11)16(21)12-9-15(19)14(18)10-13(12)17/h2-6,9-10H,7-8H2,1H3. The molecule has 0 saturated heterocycles. The second-order valence-electron chi connectivity index (χ2n) is 4.63. The summed E-state index contributed by atoms with van der Waals surface area (Å²) in [5.41, 5.74) is 0.0748. The predicted molar refractivity (Wildman–Crippen MR) is 85.3 cm³/mol. The Morgan fingerprint density at radius 3 is 2.55 bits per heavy atom. The van der Waals surface area contributed by atoms with Crippen LogP contribution in [0.2, 0.25) is 10.0 Å². The molecule has 0 aromatic heterocycles. The van der Waals surface area contributed by atoms with Gasteiger partial charge in [0.1, 0.15) is 18.2 Å². The van der Waals surface area contributed by atoms with Crippen LogP contribution in [-0.2, 0) is 0 Å². The van der Waals surface area contributed by atoms with Gasteiger partial charge in [-0.25, -0.2) is 4.39 Å². The number of hydrogen-bond donors (Lipinski definition) is 0. The average molecular weight is 342 g/mol. The first-order chi connectivity index (χ1) is 10.5. The number of carbonyl (C=O) groups is 1. The molecule has 2 aromatic carbocycles. The zero-order valence-corrected chi connectivity index (χ0v) is 13.4. The lowest BCUT2D eigenvalue weighted by molar-refractivity contribution is 0.0773. The fourth-order valence-corrected chi connectivity index (χ4v) is 2.27. The van der Waals surface area contributed by atoms with Gasteiger partial charge in [-0.1, -0.05) is 41.4 Å². The number of benzene rings is 2. The van der Waals surface area contributed by atoms with Crippen LogP contribution in [0.4, 0.5) is 4.39 Å². The van der Waals surface area contributed by atoms with E-state index in [-0.39, 0.29) is 15.6 Å². The van der Waals surface area contributed by atoms with Gasteiger partial charge in [0.25, 0.3) is 5.91 Å². The Bertz CT molecular complexity index is 665. The first-order valence-corrected chi connectivity index (χ1v) is 7.32. The highest BCUT2D eigenvalue weighted by Crippen LogP contribution is 2.25. The summed E-state index contributed by atoms with van der Waals surface area (Å²) >= 11 is 11.6. The number of likely N-dealkylation sites (N-methyl/N-ethyl adjacent to an activating group) is 1. The highest BCUT2D eigenvalue weighted by Gasteiger charge is 2.17. The lowest BCUT2D eigenvalue weighted by atomic mass is 10.2. The highest BCUT2D eigenvalue weighted by atomic mass is 35.5. The molecule has 0 aliphatic rings. The molecule has 116 valence electrons. The molecule has 0 aliphatic heterocycles. The van der Waals surface area contributed by atoms with Crippen molar-refractivity contribution in [3.8, 4) is 5.75 Å². The normalized spacial score (nSPS) is 10.4. The second kappa shape index (κ2) is 7.47. The zero-order valence-electron chi connectivity index (χ0n) is 11.9. The van der Waals surface area contributed by atoms with Crippen molar-refractivity contribution in [2.75, 3.05) is 20.2 Å². The quantitative estimate of drug-likeness (QED) is 0.759. The van der Waals surface area contributed by atoms with Gasteiger partial charge in [-0.3, -0.25) is 4.79 Å². The summed E-state index contributed by atoms with van der Waals surface area (Å²) in [5, 5.41) is 0.00356. The van der Waals surface area contributed by atoms with Crippen LogP contribution < -0.4 is 4.74 Å². The monoisotopic (exact) mass is 341 g/mol. The summed E-state index contributed by atoms with van der Waals surface area (Å²) in [4.78, 5) is 13.7. The Morgan fingerprint density at radius 1 is 1.18 bits per heavy atom. The third-order valence-electron chi connectivity index (χ3n) is 3.03. The van der Waals surface area contributed by atoms with Gasteiger partial charge in [0.2, 0.25) is 0 Å². The minimum absolute atomic E-state index is 0.0748. The van der Waals surface area contributed by atoms with Gasteiger partial charge >= 0.3 is 0 Å². The largest absolute Gasteiger partial charge is 0.492 e. The van der Waals surface area contributed by atoms with E-state index >= 15 is 0 Å². The van der Waals surface area contributed by atoms with Crippen molar-refractivity contribution in [1.29, 1.82) is 0 Å². The van der Waals surface area contributed by atoms with E-state index < -0.39 is 11.7 Å². The molecule has 2 rings (SSSR count). The number of amides is 1. The fraction of sp³-hybridized carbons (Fsp3) is 0.188. The molecule has 0 spiro atoms. The van der Waals surface area contributed by atoms with E-state index in [0.717, 1.165) is 11.8 Å². The molecule has 0 aliphatic carbocycles. The van der Waals surface area contributed by atoms with E-state index in [4.69, 9.17) is 27.9 Å². The van der Waals surface area contributed by atoms with Crippen LogP contribution in [0.1, 0.15) is 10.4 Å². The maximum atomic E-state index is 13.5. The first-order valence-electron chi connectivity index (χ1n) is 6.57. The van der Waals surface area contributed by atoms with Gasteiger partial charge in [0.15, 0.2) is 0 Å². The van der Waals surface area contributed by atoms with Gasteiger partial charge in [-0.15, -0.1) is 0 Å². The molecular weight excluding hydrogens is 328 g/mol. The van der Waals surface area contributed by atoms with E-state index in [1.165, 1.54) is 11.0 Å². The summed E-state index contributed by atoms with van der Waals surface area (Å²) in [7, 11) is 1.60. The first kappa shape index (κ1) is 16.6. The number of carbonyl (C=O) groups excluding carboxylic acids is 1. The number of halogens is 3. The Labute approximate surface area is 138 Å². The Kier molecular flexibility index (Phi) is 5.63. The minimum atomic E-state index is -0.677. The molecule has 0 saturated carbocycles. The third-order valence-corrected chi connectivity index (χ3v) is 3.63. The Balaban J connectivity index is 1.96. The van der Waals surface area contributed by atoms with Crippen LogP contribution in [0.25, 0.3) is 0 Å². The van der Waals surface area contributed by atoms with Crippen molar-refractivity contribution in [3.63, 3.8) is 0 Å². The number of nitrogens with zero attached hydrogens (tertiary/aromatic N) is 1. The highest BCUT2D eigenvalue weighted by molar-refractivity contribution is 6.36. The van der Waals surface area contributed by atoms with E-state index in [2.05, 4.69) is 0 Å². The molecule has 0 heterocycles. The van der Waals surface area contributed by atoms with Crippen LogP contribution in [0.15, 0.2) is 42.5 Å². The summed E-state index contributed by atoms with van der Waals surface area (Å²) < 4.78 is 19.0. The van der Waals surface area contributed by atoms with Crippen molar-refractivity contribution in [3.05, 3.63) is 63.9 Å². The van der Waals surface area contributed by atoms with E-state index in [9.17, 15) is 9.18 Å². The van der Waals surface area contributed by atoms with Crippen molar-refractivity contribution >= 4 is 29.1 Å². The molecule has 2 aromatic rings. The molecule has 22 heavy (non-hydrogen) atoms. The maximum Gasteiger partial charge on any atom is 0.255 e. The summed E-state index contributed by atoms with van der Waals surface area (Å²) in [6.45, 7) is 0.661. The van der Waals surface area contributed by atoms with Gasteiger partial charge in [0.05, 0.1) is 22.2 Å². The average Bonchev–Trinajstić information content (AvgIpc) is 2.51. The van der Waals surface area contributed by atoms with Gasteiger partial charge < -0.3 is 9.64 Å². The molecular formula is C16H14Cl2FNO2. The number of hydrogen-bond acceptors (Lipinski definition) is 2. The van der Waals surface area contributed by atoms with Crippen molar-refractivity contribution in [2.45, 2.75) is 0 Å². The van der Waals surface area contributed by atoms with E-state index in [1.54, 1.807) is 7.05 Å². The van der Waals surface area contributed by atoms with Crippen LogP contribution in [0.5, 0.6) is 5.75 Å². The summed E-state index contributed by atoms with van der Waals surface area (Å²) in [6.07, 6.45) is 0. The topological polar surface area (TPSA) is 29.5 Å². The molecule has 0 unspecified atom stereocenters. The zero-order chi connectivity index (χ0) is 16.1. The fourth-order valence-electron chi connectivity index (χ4n) is 1.81. The van der Waals surface area contributed by atoms with Gasteiger partial charge in [-0.2, -0.15) is 0 Å². The lowest BCUT2D eigenvalue weighted by Crippen LogP contribution is -2.31. The molecule has 3 nitrogen and oxygen atoms in total. The van der Waals surface area contributed by atoms with E-state index in [0.29, 0.717) is 13.2 Å². The summed E-state index contributed by atoms with van der Waals surface area (Å²) in [6, 6.07) is 11.5. The predicted octanol–water partition coefficient (Wildman–Crippen LogP) is 4.28. The SMILES string of the molecule is CN(CCOc1ccccc1)C(=O)c1cc(F)c(Cl)cc1Cl. The number of rotatable bonds is 5. The van der Waals surface area contributed by atoms with Crippen molar-refractivity contribution in [2.24, 2.45) is 0 Å². The molecule has 6 heteroatoms. The Morgan fingerprint density at radius 2 is 1.86 bits per heavy atom. The molecule has 0 N–H and O–H groups in total. The van der Waals surface area contributed by atoms with Crippen LogP contribution >= 0.6 is 23.2 Å². The van der Waals surface area contributed by atoms with Gasteiger partial charge in [0, 0.05) is 7.05 Å².